The maximum Gasteiger partial charge on any atom is 0.240 e. The molecule has 0 saturated heterocycles. The Morgan fingerprint density at radius 2 is 1.47 bits per heavy atom. The van der Waals surface area contributed by atoms with Gasteiger partial charge >= 0.3 is 0 Å². The molecular formula is C28H33NO4S. The number of sulfonamides is 1. The monoisotopic (exact) mass is 479 g/mol. The molecule has 0 bridgehead atoms. The number of benzene rings is 3. The van der Waals surface area contributed by atoms with Crippen molar-refractivity contribution in [1.29, 1.82) is 0 Å². The molecule has 3 aromatic carbocycles. The van der Waals surface area contributed by atoms with Crippen molar-refractivity contribution in [2.75, 3.05) is 0 Å². The normalized spacial score (nSPS) is 14.3. The summed E-state index contributed by atoms with van der Waals surface area (Å²) in [5.41, 5.74) is 2.47. The first kappa shape index (κ1) is 25.8. The smallest absolute Gasteiger partial charge is 0.240 e. The standard InChI is InChI=1S/C28H33NO4S/c1-3-10-25(29-34(32,33)24-18-15-21(2)16-19-24)27(28(31)23-13-8-5-9-14-23)26(30)20-17-22-11-6-4-7-12-22/h4-9,11-16,18-19,25-27,29-30H,3,10,17,20H2,1-2H3/t25-,26-,27-/m0/s1. The van der Waals surface area contributed by atoms with Crippen molar-refractivity contribution >= 4 is 15.8 Å². The van der Waals surface area contributed by atoms with Crippen LogP contribution in [0.25, 0.3) is 0 Å². The van der Waals surface area contributed by atoms with E-state index in [9.17, 15) is 18.3 Å². The fourth-order valence-corrected chi connectivity index (χ4v) is 5.46. The van der Waals surface area contributed by atoms with Crippen LogP contribution in [0.4, 0.5) is 0 Å². The maximum absolute atomic E-state index is 13.6. The third kappa shape index (κ3) is 6.86. The Balaban J connectivity index is 1.91. The van der Waals surface area contributed by atoms with Gasteiger partial charge in [0.25, 0.3) is 0 Å². The highest BCUT2D eigenvalue weighted by molar-refractivity contribution is 7.89. The average Bonchev–Trinajstić information content (AvgIpc) is 2.84. The van der Waals surface area contributed by atoms with Gasteiger partial charge in [0.15, 0.2) is 5.78 Å². The Kier molecular flexibility index (Phi) is 9.16. The Bertz CT molecular complexity index is 1150. The molecule has 0 aliphatic rings. The van der Waals surface area contributed by atoms with Crippen molar-refractivity contribution in [2.45, 2.75) is 56.6 Å². The van der Waals surface area contributed by atoms with Crippen LogP contribution in [-0.2, 0) is 16.4 Å². The summed E-state index contributed by atoms with van der Waals surface area (Å²) in [7, 11) is -3.87. The molecule has 180 valence electrons. The van der Waals surface area contributed by atoms with Crippen molar-refractivity contribution < 1.29 is 18.3 Å². The van der Waals surface area contributed by atoms with Gasteiger partial charge < -0.3 is 5.11 Å². The Labute approximate surface area is 202 Å². The summed E-state index contributed by atoms with van der Waals surface area (Å²) in [5.74, 6) is -1.17. The molecule has 0 amide bonds. The number of hydrogen-bond donors (Lipinski definition) is 2. The molecule has 3 aromatic rings. The van der Waals surface area contributed by atoms with Gasteiger partial charge in [0, 0.05) is 11.6 Å². The second kappa shape index (κ2) is 12.1. The van der Waals surface area contributed by atoms with Crippen LogP contribution in [0.2, 0.25) is 0 Å². The Hall–Kier alpha value is -2.80. The third-order valence-electron chi connectivity index (χ3n) is 6.02. The quantitative estimate of drug-likeness (QED) is 0.361. The third-order valence-corrected chi connectivity index (χ3v) is 7.52. The second-order valence-corrected chi connectivity index (χ2v) is 10.4. The fraction of sp³-hybridized carbons (Fsp3) is 0.321. The van der Waals surface area contributed by atoms with E-state index in [-0.39, 0.29) is 10.7 Å². The van der Waals surface area contributed by atoms with Crippen molar-refractivity contribution in [1.82, 2.24) is 4.72 Å². The number of hydrogen-bond acceptors (Lipinski definition) is 4. The number of carbonyl (C=O) groups is 1. The molecule has 6 heteroatoms. The summed E-state index contributed by atoms with van der Waals surface area (Å²) in [6, 6.07) is 24.4. The van der Waals surface area contributed by atoms with Crippen LogP contribution in [0.3, 0.4) is 0 Å². The molecule has 0 spiro atoms. The summed E-state index contributed by atoms with van der Waals surface area (Å²) in [4.78, 5) is 13.7. The highest BCUT2D eigenvalue weighted by atomic mass is 32.2. The molecular weight excluding hydrogens is 446 g/mol. The van der Waals surface area contributed by atoms with Crippen LogP contribution in [0.15, 0.2) is 89.8 Å². The van der Waals surface area contributed by atoms with Crippen LogP contribution in [-0.4, -0.2) is 31.5 Å². The molecule has 0 aliphatic carbocycles. The molecule has 0 saturated carbocycles. The van der Waals surface area contributed by atoms with Gasteiger partial charge in [-0.2, -0.15) is 0 Å². The van der Waals surface area contributed by atoms with Crippen molar-refractivity contribution in [2.24, 2.45) is 5.92 Å². The topological polar surface area (TPSA) is 83.5 Å². The molecule has 0 unspecified atom stereocenters. The van der Waals surface area contributed by atoms with Crippen molar-refractivity contribution in [3.05, 3.63) is 102 Å². The van der Waals surface area contributed by atoms with E-state index >= 15 is 0 Å². The number of carbonyl (C=O) groups excluding carboxylic acids is 1. The molecule has 3 atom stereocenters. The minimum absolute atomic E-state index is 0.142. The van der Waals surface area contributed by atoms with E-state index < -0.39 is 28.1 Å². The largest absolute Gasteiger partial charge is 0.392 e. The molecule has 2 N–H and O–H groups in total. The molecule has 0 radical (unpaired) electrons. The molecule has 0 fully saturated rings. The minimum atomic E-state index is -3.87. The van der Waals surface area contributed by atoms with Gasteiger partial charge in [-0.05, 0) is 43.9 Å². The van der Waals surface area contributed by atoms with E-state index in [1.807, 2.05) is 50.2 Å². The zero-order valence-electron chi connectivity index (χ0n) is 19.7. The number of aliphatic hydroxyl groups is 1. The van der Waals surface area contributed by atoms with Gasteiger partial charge in [0.2, 0.25) is 10.0 Å². The lowest BCUT2D eigenvalue weighted by Gasteiger charge is -2.31. The SMILES string of the molecule is CCC[C@H](NS(=O)(=O)c1ccc(C)cc1)[C@H](C(=O)c1ccccc1)[C@@H](O)CCc1ccccc1. The first-order valence-corrected chi connectivity index (χ1v) is 13.2. The van der Waals surface area contributed by atoms with Gasteiger partial charge in [-0.15, -0.1) is 0 Å². The zero-order valence-corrected chi connectivity index (χ0v) is 20.5. The Morgan fingerprint density at radius 3 is 2.06 bits per heavy atom. The van der Waals surface area contributed by atoms with Gasteiger partial charge in [-0.25, -0.2) is 13.1 Å². The predicted molar refractivity (Wildman–Crippen MR) is 135 cm³/mol. The van der Waals surface area contributed by atoms with E-state index in [1.165, 1.54) is 0 Å². The second-order valence-electron chi connectivity index (χ2n) is 8.68. The van der Waals surface area contributed by atoms with Crippen molar-refractivity contribution in [3.8, 4) is 0 Å². The van der Waals surface area contributed by atoms with Crippen LogP contribution >= 0.6 is 0 Å². The molecule has 34 heavy (non-hydrogen) atoms. The minimum Gasteiger partial charge on any atom is -0.392 e. The van der Waals surface area contributed by atoms with E-state index in [0.717, 1.165) is 11.1 Å². The first-order chi connectivity index (χ1) is 16.3. The molecule has 0 heterocycles. The van der Waals surface area contributed by atoms with Crippen LogP contribution in [0.1, 0.15) is 47.7 Å². The lowest BCUT2D eigenvalue weighted by Crippen LogP contribution is -2.48. The highest BCUT2D eigenvalue weighted by Crippen LogP contribution is 2.25. The fourth-order valence-electron chi connectivity index (χ4n) is 4.17. The number of nitrogens with one attached hydrogen (secondary N) is 1. The highest BCUT2D eigenvalue weighted by Gasteiger charge is 2.37. The summed E-state index contributed by atoms with van der Waals surface area (Å²) in [5, 5.41) is 11.2. The van der Waals surface area contributed by atoms with Gasteiger partial charge in [-0.1, -0.05) is 91.7 Å². The summed E-state index contributed by atoms with van der Waals surface area (Å²) < 4.78 is 29.1. The van der Waals surface area contributed by atoms with Crippen molar-refractivity contribution in [3.63, 3.8) is 0 Å². The van der Waals surface area contributed by atoms with Gasteiger partial charge in [0.1, 0.15) is 0 Å². The van der Waals surface area contributed by atoms with E-state index in [4.69, 9.17) is 0 Å². The average molecular weight is 480 g/mol. The zero-order chi connectivity index (χ0) is 24.6. The van der Waals surface area contributed by atoms with Gasteiger partial charge in [0.05, 0.1) is 16.9 Å². The maximum atomic E-state index is 13.6. The summed E-state index contributed by atoms with van der Waals surface area (Å²) in [6.07, 6.45) is 1.01. The predicted octanol–water partition coefficient (Wildman–Crippen LogP) is 4.93. The number of ketones is 1. The number of aryl methyl sites for hydroxylation is 2. The van der Waals surface area contributed by atoms with Crippen LogP contribution in [0.5, 0.6) is 0 Å². The van der Waals surface area contributed by atoms with E-state index in [0.29, 0.717) is 31.2 Å². The van der Waals surface area contributed by atoms with Crippen LogP contribution in [0, 0.1) is 12.8 Å². The van der Waals surface area contributed by atoms with Gasteiger partial charge in [-0.3, -0.25) is 4.79 Å². The molecule has 0 aliphatic heterocycles. The molecule has 0 aromatic heterocycles. The summed E-state index contributed by atoms with van der Waals surface area (Å²) in [6.45, 7) is 3.83. The first-order valence-electron chi connectivity index (χ1n) is 11.7. The lowest BCUT2D eigenvalue weighted by atomic mass is 9.82. The summed E-state index contributed by atoms with van der Waals surface area (Å²) >= 11 is 0. The van der Waals surface area contributed by atoms with Crippen LogP contribution < -0.4 is 4.72 Å². The van der Waals surface area contributed by atoms with E-state index in [2.05, 4.69) is 4.72 Å². The lowest BCUT2D eigenvalue weighted by molar-refractivity contribution is 0.0563. The number of Topliss-reactive ketones (excluding diaryl/α,β-unsaturated/α-hetero) is 1. The molecule has 3 rings (SSSR count). The number of rotatable bonds is 12. The van der Waals surface area contributed by atoms with E-state index in [1.54, 1.807) is 48.5 Å². The number of aliphatic hydroxyl groups excluding tert-OH is 1. The molecule has 5 nitrogen and oxygen atoms in total. The Morgan fingerprint density at radius 1 is 0.882 bits per heavy atom.